The third kappa shape index (κ3) is 7.93. The van der Waals surface area contributed by atoms with E-state index in [1.165, 1.54) is 12.1 Å². The number of hydrogen-bond acceptors (Lipinski definition) is 3. The van der Waals surface area contributed by atoms with Gasteiger partial charge in [-0.25, -0.2) is 12.8 Å². The fourth-order valence-electron chi connectivity index (χ4n) is 2.59. The molecule has 0 aliphatic rings. The van der Waals surface area contributed by atoms with Crippen LogP contribution in [0.5, 0.6) is 0 Å². The minimum Gasteiger partial charge on any atom is -0.355 e. The molecule has 8 heteroatoms. The van der Waals surface area contributed by atoms with Gasteiger partial charge >= 0.3 is 0 Å². The summed E-state index contributed by atoms with van der Waals surface area (Å²) in [6.45, 7) is 6.95. The number of sulfone groups is 1. The number of guanidine groups is 1. The van der Waals surface area contributed by atoms with E-state index in [0.29, 0.717) is 17.4 Å². The molecule has 2 N–H and O–H groups in total. The van der Waals surface area contributed by atoms with Crippen LogP contribution in [0.2, 0.25) is 0 Å². The van der Waals surface area contributed by atoms with Gasteiger partial charge in [-0.05, 0) is 40.8 Å². The number of nitrogens with one attached hydrogen (secondary N) is 2. The van der Waals surface area contributed by atoms with Gasteiger partial charge in [-0.2, -0.15) is 0 Å². The van der Waals surface area contributed by atoms with Crippen LogP contribution in [0.4, 0.5) is 4.39 Å². The lowest BCUT2D eigenvalue weighted by Gasteiger charge is -2.19. The lowest BCUT2D eigenvalue weighted by molar-refractivity contribution is 0.586. The fraction of sp³-hybridized carbons (Fsp3) is 0.381. The number of halogens is 2. The molecular weight excluding hydrogens is 504 g/mol. The molecule has 0 radical (unpaired) electrons. The van der Waals surface area contributed by atoms with Crippen molar-refractivity contribution < 1.29 is 12.8 Å². The van der Waals surface area contributed by atoms with Crippen molar-refractivity contribution in [2.45, 2.75) is 37.6 Å². The zero-order valence-corrected chi connectivity index (χ0v) is 20.3. The summed E-state index contributed by atoms with van der Waals surface area (Å²) in [4.78, 5) is 4.39. The number of rotatable bonds is 6. The highest BCUT2D eigenvalue weighted by atomic mass is 127. The first-order chi connectivity index (χ1) is 13.1. The number of aliphatic imine (C=N–C) groups is 1. The molecule has 0 saturated heterocycles. The summed E-state index contributed by atoms with van der Waals surface area (Å²) in [6.07, 6.45) is 0. The van der Waals surface area contributed by atoms with Crippen LogP contribution in [-0.2, 0) is 21.8 Å². The monoisotopic (exact) mass is 533 g/mol. The van der Waals surface area contributed by atoms with E-state index < -0.39 is 9.84 Å². The smallest absolute Gasteiger partial charge is 0.191 e. The molecule has 160 valence electrons. The Morgan fingerprint density at radius 2 is 1.59 bits per heavy atom. The molecule has 2 aromatic rings. The summed E-state index contributed by atoms with van der Waals surface area (Å²) in [5.74, 6) is 0.161. The standard InChI is InChI=1S/C21H28FN3O2S.HI/c1-21(2,3)17-7-11-19(12-8-17)28(26,27)14-13-24-20(23-4)25-15-16-5-9-18(22)10-6-16;/h5-12H,13-15H2,1-4H3,(H2,23,24,25);1H. The number of nitrogens with zero attached hydrogens (tertiary/aromatic N) is 1. The number of hydrogen-bond donors (Lipinski definition) is 2. The van der Waals surface area contributed by atoms with E-state index in [1.54, 1.807) is 31.3 Å². The average molecular weight is 533 g/mol. The molecule has 0 atom stereocenters. The van der Waals surface area contributed by atoms with E-state index in [0.717, 1.165) is 11.1 Å². The molecule has 0 amide bonds. The van der Waals surface area contributed by atoms with Gasteiger partial charge < -0.3 is 10.6 Å². The molecule has 29 heavy (non-hydrogen) atoms. The van der Waals surface area contributed by atoms with E-state index >= 15 is 0 Å². The molecule has 0 fully saturated rings. The molecule has 0 bridgehead atoms. The van der Waals surface area contributed by atoms with Crippen molar-refractivity contribution in [3.05, 3.63) is 65.5 Å². The Bertz CT molecular complexity index is 906. The maximum Gasteiger partial charge on any atom is 0.191 e. The highest BCUT2D eigenvalue weighted by Gasteiger charge is 2.17. The molecule has 0 spiro atoms. The molecule has 0 aromatic heterocycles. The predicted molar refractivity (Wildman–Crippen MR) is 127 cm³/mol. The zero-order valence-electron chi connectivity index (χ0n) is 17.2. The summed E-state index contributed by atoms with van der Waals surface area (Å²) >= 11 is 0. The Morgan fingerprint density at radius 1 is 1.00 bits per heavy atom. The minimum atomic E-state index is -3.39. The Balaban J connectivity index is 0.00000420. The Kier molecular flexibility index (Phi) is 9.54. The van der Waals surface area contributed by atoms with Crippen molar-refractivity contribution >= 4 is 39.8 Å². The van der Waals surface area contributed by atoms with Crippen LogP contribution in [0.25, 0.3) is 0 Å². The van der Waals surface area contributed by atoms with E-state index in [9.17, 15) is 12.8 Å². The van der Waals surface area contributed by atoms with E-state index in [-0.39, 0.29) is 47.5 Å². The van der Waals surface area contributed by atoms with Crippen molar-refractivity contribution in [1.82, 2.24) is 10.6 Å². The Labute approximate surface area is 190 Å². The molecule has 0 heterocycles. The summed E-state index contributed by atoms with van der Waals surface area (Å²) < 4.78 is 38.0. The first kappa shape index (κ1) is 25.4. The van der Waals surface area contributed by atoms with Crippen molar-refractivity contribution in [3.8, 4) is 0 Å². The molecule has 5 nitrogen and oxygen atoms in total. The van der Waals surface area contributed by atoms with Gasteiger partial charge in [0.2, 0.25) is 0 Å². The van der Waals surface area contributed by atoms with Crippen LogP contribution in [0.1, 0.15) is 31.9 Å². The quantitative estimate of drug-likeness (QED) is 0.336. The normalized spacial score (nSPS) is 12.2. The largest absolute Gasteiger partial charge is 0.355 e. The van der Waals surface area contributed by atoms with Gasteiger partial charge in [0.1, 0.15) is 5.82 Å². The lowest BCUT2D eigenvalue weighted by atomic mass is 9.87. The van der Waals surface area contributed by atoms with E-state index in [2.05, 4.69) is 36.4 Å². The first-order valence-electron chi connectivity index (χ1n) is 9.14. The minimum absolute atomic E-state index is 0. The van der Waals surface area contributed by atoms with Crippen molar-refractivity contribution in [3.63, 3.8) is 0 Å². The van der Waals surface area contributed by atoms with Crippen LogP contribution in [0.3, 0.4) is 0 Å². The Morgan fingerprint density at radius 3 is 2.10 bits per heavy atom. The summed E-state index contributed by atoms with van der Waals surface area (Å²) in [6, 6.07) is 13.2. The van der Waals surface area contributed by atoms with Crippen molar-refractivity contribution in [2.24, 2.45) is 4.99 Å². The fourth-order valence-corrected chi connectivity index (χ4v) is 3.75. The topological polar surface area (TPSA) is 70.6 Å². The van der Waals surface area contributed by atoms with Gasteiger partial charge in [0.05, 0.1) is 10.6 Å². The first-order valence-corrected chi connectivity index (χ1v) is 10.8. The molecule has 2 aromatic carbocycles. The van der Waals surface area contributed by atoms with Crippen LogP contribution in [-0.4, -0.2) is 33.7 Å². The second-order valence-electron chi connectivity index (χ2n) is 7.57. The third-order valence-corrected chi connectivity index (χ3v) is 6.07. The average Bonchev–Trinajstić information content (AvgIpc) is 2.65. The van der Waals surface area contributed by atoms with Crippen LogP contribution < -0.4 is 10.6 Å². The third-order valence-electron chi connectivity index (χ3n) is 4.34. The van der Waals surface area contributed by atoms with E-state index in [4.69, 9.17) is 0 Å². The van der Waals surface area contributed by atoms with Gasteiger partial charge in [0, 0.05) is 20.1 Å². The molecule has 0 saturated carbocycles. The lowest BCUT2D eigenvalue weighted by Crippen LogP contribution is -2.39. The maximum atomic E-state index is 12.9. The van der Waals surface area contributed by atoms with Crippen LogP contribution >= 0.6 is 24.0 Å². The van der Waals surface area contributed by atoms with Crippen LogP contribution in [0, 0.1) is 5.82 Å². The summed E-state index contributed by atoms with van der Waals surface area (Å²) in [5.41, 5.74) is 1.97. The highest BCUT2D eigenvalue weighted by Crippen LogP contribution is 2.23. The maximum absolute atomic E-state index is 12.9. The molecule has 0 aliphatic heterocycles. The van der Waals surface area contributed by atoms with Crippen molar-refractivity contribution in [1.29, 1.82) is 0 Å². The summed E-state index contributed by atoms with van der Waals surface area (Å²) in [7, 11) is -1.77. The van der Waals surface area contributed by atoms with E-state index in [1.807, 2.05) is 12.1 Å². The van der Waals surface area contributed by atoms with Crippen LogP contribution in [0.15, 0.2) is 58.4 Å². The predicted octanol–water partition coefficient (Wildman–Crippen LogP) is 3.88. The second kappa shape index (κ2) is 10.9. The zero-order chi connectivity index (χ0) is 20.8. The van der Waals surface area contributed by atoms with Gasteiger partial charge in [-0.15, -0.1) is 24.0 Å². The second-order valence-corrected chi connectivity index (χ2v) is 9.68. The van der Waals surface area contributed by atoms with Gasteiger partial charge in [-0.1, -0.05) is 45.0 Å². The molecule has 0 aliphatic carbocycles. The SMILES string of the molecule is CN=C(NCCS(=O)(=O)c1ccc(C(C)(C)C)cc1)NCc1ccc(F)cc1.I. The van der Waals surface area contributed by atoms with Crippen molar-refractivity contribution in [2.75, 3.05) is 19.3 Å². The molecular formula is C21H29FIN3O2S. The summed E-state index contributed by atoms with van der Waals surface area (Å²) in [5, 5.41) is 6.08. The van der Waals surface area contributed by atoms with Gasteiger partial charge in [0.25, 0.3) is 0 Å². The molecule has 2 rings (SSSR count). The van der Waals surface area contributed by atoms with Gasteiger partial charge in [-0.3, -0.25) is 4.99 Å². The van der Waals surface area contributed by atoms with Gasteiger partial charge in [0.15, 0.2) is 15.8 Å². The number of benzene rings is 2. The molecule has 0 unspecified atom stereocenters. The Hall–Kier alpha value is -1.68. The highest BCUT2D eigenvalue weighted by molar-refractivity contribution is 14.0.